The number of rotatable bonds is 9. The van der Waals surface area contributed by atoms with Crippen molar-refractivity contribution in [1.82, 2.24) is 30.0 Å². The van der Waals surface area contributed by atoms with Gasteiger partial charge in [0.05, 0.1) is 17.4 Å². The molecule has 5 heterocycles. The van der Waals surface area contributed by atoms with Crippen LogP contribution in [-0.4, -0.2) is 104 Å². The van der Waals surface area contributed by atoms with Gasteiger partial charge in [-0.1, -0.05) is 6.07 Å². The van der Waals surface area contributed by atoms with E-state index in [0.717, 1.165) is 0 Å². The lowest BCUT2D eigenvalue weighted by atomic mass is 10.1. The number of carbonyl (C=O) groups excluding carboxylic acids is 6. The molecular formula is C36H40N8O6. The average Bonchev–Trinajstić information content (AvgIpc) is 3.93. The highest BCUT2D eigenvalue weighted by Gasteiger charge is 2.42. The molecule has 3 aliphatic rings. The van der Waals surface area contributed by atoms with Crippen molar-refractivity contribution in [3.8, 4) is 0 Å². The highest BCUT2D eigenvalue weighted by Crippen LogP contribution is 2.27. The molecule has 3 saturated heterocycles. The lowest BCUT2D eigenvalue weighted by Crippen LogP contribution is -2.52. The topological polar surface area (TPSA) is 174 Å². The van der Waals surface area contributed by atoms with Crippen molar-refractivity contribution >= 4 is 46.8 Å². The van der Waals surface area contributed by atoms with Crippen LogP contribution in [0, 0.1) is 0 Å². The molecule has 0 bridgehead atoms. The zero-order valence-corrected chi connectivity index (χ0v) is 27.8. The minimum absolute atomic E-state index is 0.226. The van der Waals surface area contributed by atoms with Crippen molar-refractivity contribution in [1.29, 1.82) is 0 Å². The molecule has 3 fully saturated rings. The standard InChI is InChI=1S/C36H40N8O6/c1-23(34(48)42-17-5-12-28(42)33(47)41-27-11-4-16-38-22-27)39-31(45)24-8-2-10-26(20-24)40-32(46)29-13-6-18-43(29)36(50)30-14-7-19-44(30)35(49)25-9-3-15-37-21-25/h2-4,8-11,15-16,20-23,28-30H,5-7,12-14,17-19H2,1H3,(H,39,45)(H,40,46)(H,41,47)/t23-,28-,29-,30-/m0/s1. The molecule has 6 rings (SSSR count). The Kier molecular flexibility index (Phi) is 10.4. The van der Waals surface area contributed by atoms with Crippen LogP contribution in [0.5, 0.6) is 0 Å². The molecule has 3 aromatic rings. The minimum Gasteiger partial charge on any atom is -0.341 e. The van der Waals surface area contributed by atoms with Crippen LogP contribution in [-0.2, 0) is 19.2 Å². The van der Waals surface area contributed by atoms with E-state index in [0.29, 0.717) is 75.1 Å². The van der Waals surface area contributed by atoms with Crippen molar-refractivity contribution in [3.63, 3.8) is 0 Å². The smallest absolute Gasteiger partial charge is 0.256 e. The van der Waals surface area contributed by atoms with Crippen molar-refractivity contribution in [2.75, 3.05) is 30.3 Å². The first-order valence-electron chi connectivity index (χ1n) is 17.0. The van der Waals surface area contributed by atoms with Crippen molar-refractivity contribution in [2.45, 2.75) is 69.6 Å². The molecule has 260 valence electrons. The Morgan fingerprint density at radius 2 is 1.26 bits per heavy atom. The van der Waals surface area contributed by atoms with Gasteiger partial charge in [0.2, 0.25) is 23.6 Å². The van der Waals surface area contributed by atoms with Gasteiger partial charge in [0.1, 0.15) is 24.2 Å². The highest BCUT2D eigenvalue weighted by molar-refractivity contribution is 6.03. The number of aromatic nitrogens is 2. The third kappa shape index (κ3) is 7.48. The van der Waals surface area contributed by atoms with E-state index in [9.17, 15) is 28.8 Å². The summed E-state index contributed by atoms with van der Waals surface area (Å²) in [4.78, 5) is 92.5. The summed E-state index contributed by atoms with van der Waals surface area (Å²) in [6.45, 7) is 2.82. The van der Waals surface area contributed by atoms with Crippen LogP contribution in [0.2, 0.25) is 0 Å². The summed E-state index contributed by atoms with van der Waals surface area (Å²) in [5.41, 5.74) is 1.53. The van der Waals surface area contributed by atoms with Gasteiger partial charge in [0, 0.05) is 49.5 Å². The van der Waals surface area contributed by atoms with Crippen LogP contribution in [0.4, 0.5) is 11.4 Å². The molecule has 0 radical (unpaired) electrons. The van der Waals surface area contributed by atoms with Crippen LogP contribution < -0.4 is 16.0 Å². The van der Waals surface area contributed by atoms with Crippen LogP contribution >= 0.6 is 0 Å². The second-order valence-corrected chi connectivity index (χ2v) is 12.8. The van der Waals surface area contributed by atoms with Crippen LogP contribution in [0.15, 0.2) is 73.3 Å². The fraction of sp³-hybridized carbons (Fsp3) is 0.389. The summed E-state index contributed by atoms with van der Waals surface area (Å²) >= 11 is 0. The van der Waals surface area contributed by atoms with E-state index >= 15 is 0 Å². The average molecular weight is 681 g/mol. The molecule has 50 heavy (non-hydrogen) atoms. The maximum absolute atomic E-state index is 13.7. The number of benzene rings is 1. The summed E-state index contributed by atoms with van der Waals surface area (Å²) in [6, 6.07) is 10.2. The monoisotopic (exact) mass is 680 g/mol. The van der Waals surface area contributed by atoms with E-state index in [1.165, 1.54) is 23.4 Å². The molecule has 3 aliphatic heterocycles. The molecule has 0 saturated carbocycles. The largest absolute Gasteiger partial charge is 0.341 e. The summed E-state index contributed by atoms with van der Waals surface area (Å²) in [5.74, 6) is -2.10. The number of nitrogens with zero attached hydrogens (tertiary/aromatic N) is 5. The SMILES string of the molecule is C[C@H](NC(=O)c1cccc(NC(=O)[C@@H]2CCCN2C(=O)[C@@H]2CCCN2C(=O)c2cccnc2)c1)C(=O)N1CCC[C@H]1C(=O)Nc1cccnc1. The minimum atomic E-state index is -0.911. The number of anilines is 2. The summed E-state index contributed by atoms with van der Waals surface area (Å²) in [5, 5.41) is 8.37. The number of nitrogens with one attached hydrogen (secondary N) is 3. The lowest BCUT2D eigenvalue weighted by molar-refractivity contribution is -0.139. The molecule has 6 amide bonds. The predicted molar refractivity (Wildman–Crippen MR) is 183 cm³/mol. The van der Waals surface area contributed by atoms with Gasteiger partial charge < -0.3 is 30.7 Å². The molecule has 3 N–H and O–H groups in total. The zero-order chi connectivity index (χ0) is 35.2. The number of hydrogen-bond donors (Lipinski definition) is 3. The predicted octanol–water partition coefficient (Wildman–Crippen LogP) is 2.46. The first-order chi connectivity index (χ1) is 24.2. The van der Waals surface area contributed by atoms with Crippen molar-refractivity contribution in [3.05, 3.63) is 84.4 Å². The third-order valence-electron chi connectivity index (χ3n) is 9.42. The van der Waals surface area contributed by atoms with E-state index in [1.807, 2.05) is 0 Å². The van der Waals surface area contributed by atoms with Gasteiger partial charge >= 0.3 is 0 Å². The molecule has 0 unspecified atom stereocenters. The quantitative estimate of drug-likeness (QED) is 0.309. The number of likely N-dealkylation sites (tertiary alicyclic amines) is 3. The molecule has 14 nitrogen and oxygen atoms in total. The van der Waals surface area contributed by atoms with Crippen molar-refractivity contribution < 1.29 is 28.8 Å². The maximum atomic E-state index is 13.7. The molecule has 2 aromatic heterocycles. The first kappa shape index (κ1) is 34.2. The Balaban J connectivity index is 1.05. The maximum Gasteiger partial charge on any atom is 0.256 e. The van der Waals surface area contributed by atoms with E-state index in [1.54, 1.807) is 71.6 Å². The fourth-order valence-corrected chi connectivity index (χ4v) is 6.94. The van der Waals surface area contributed by atoms with E-state index in [2.05, 4.69) is 25.9 Å². The molecule has 14 heteroatoms. The number of hydrogen-bond acceptors (Lipinski definition) is 8. The Labute approximate surface area is 289 Å². The van der Waals surface area contributed by atoms with Crippen LogP contribution in [0.1, 0.15) is 66.2 Å². The normalized spacial score (nSPS) is 20.7. The van der Waals surface area contributed by atoms with Crippen LogP contribution in [0.3, 0.4) is 0 Å². The molecule has 0 aliphatic carbocycles. The fourth-order valence-electron chi connectivity index (χ4n) is 6.94. The highest BCUT2D eigenvalue weighted by atomic mass is 16.2. The summed E-state index contributed by atoms with van der Waals surface area (Å²) in [6.07, 6.45) is 9.68. The van der Waals surface area contributed by atoms with Gasteiger partial charge in [-0.25, -0.2) is 0 Å². The number of amides is 6. The Morgan fingerprint density at radius 1 is 0.680 bits per heavy atom. The second kappa shape index (κ2) is 15.3. The second-order valence-electron chi connectivity index (χ2n) is 12.8. The van der Waals surface area contributed by atoms with E-state index in [4.69, 9.17) is 0 Å². The van der Waals surface area contributed by atoms with Gasteiger partial charge in [-0.2, -0.15) is 0 Å². The molecule has 4 atom stereocenters. The Morgan fingerprint density at radius 3 is 1.94 bits per heavy atom. The van der Waals surface area contributed by atoms with Gasteiger partial charge in [0.15, 0.2) is 0 Å². The van der Waals surface area contributed by atoms with Crippen LogP contribution in [0.25, 0.3) is 0 Å². The summed E-state index contributed by atoms with van der Waals surface area (Å²) in [7, 11) is 0. The Hall–Kier alpha value is -5.66. The molecule has 0 spiro atoms. The molecule has 1 aromatic carbocycles. The number of carbonyl (C=O) groups is 6. The van der Waals surface area contributed by atoms with E-state index < -0.39 is 30.1 Å². The van der Waals surface area contributed by atoms with Gasteiger partial charge in [0.25, 0.3) is 11.8 Å². The lowest BCUT2D eigenvalue weighted by Gasteiger charge is -2.31. The first-order valence-corrected chi connectivity index (χ1v) is 17.0. The van der Waals surface area contributed by atoms with Gasteiger partial charge in [-0.3, -0.25) is 38.7 Å². The van der Waals surface area contributed by atoms with E-state index in [-0.39, 0.29) is 35.1 Å². The third-order valence-corrected chi connectivity index (χ3v) is 9.42. The van der Waals surface area contributed by atoms with Gasteiger partial charge in [-0.15, -0.1) is 0 Å². The molecular weight excluding hydrogens is 640 g/mol. The number of pyridine rings is 2. The summed E-state index contributed by atoms with van der Waals surface area (Å²) < 4.78 is 0. The van der Waals surface area contributed by atoms with Gasteiger partial charge in [-0.05, 0) is 87.9 Å². The van der Waals surface area contributed by atoms with Crippen molar-refractivity contribution in [2.24, 2.45) is 0 Å². The Bertz CT molecular complexity index is 1760. The zero-order valence-electron chi connectivity index (χ0n) is 27.8.